The van der Waals surface area contributed by atoms with Gasteiger partial charge in [0.2, 0.25) is 0 Å². The number of carbonyl (C=O) groups is 3. The number of esters is 1. The van der Waals surface area contributed by atoms with Crippen molar-refractivity contribution in [2.24, 2.45) is 59.2 Å². The maximum absolute atomic E-state index is 13.4. The van der Waals surface area contributed by atoms with Gasteiger partial charge in [0.15, 0.2) is 0 Å². The van der Waals surface area contributed by atoms with Gasteiger partial charge in [0.05, 0.1) is 30.5 Å². The molecule has 6 saturated carbocycles. The van der Waals surface area contributed by atoms with Crippen molar-refractivity contribution in [1.29, 1.82) is 0 Å². The van der Waals surface area contributed by atoms with Gasteiger partial charge in [-0.1, -0.05) is 64.2 Å². The Morgan fingerprint density at radius 2 is 0.964 bits per heavy atom. The van der Waals surface area contributed by atoms with E-state index < -0.39 is 23.8 Å². The minimum atomic E-state index is -0.839. The SMILES string of the molecule is O=C(O)C1CCC(CC2CCCCC2)CC1COOC1CCC(CCOCCC2CCC(OC(=O)C3CC(CC4CCCCC4)CCC3C(=O)O)CC2)CC1. The summed E-state index contributed by atoms with van der Waals surface area (Å²) in [6, 6.07) is 0. The quantitative estimate of drug-likeness (QED) is 0.0605. The van der Waals surface area contributed by atoms with Crippen LogP contribution >= 0.6 is 0 Å². The highest BCUT2D eigenvalue weighted by Gasteiger charge is 2.42. The summed E-state index contributed by atoms with van der Waals surface area (Å²) in [4.78, 5) is 49.1. The van der Waals surface area contributed by atoms with Crippen LogP contribution in [0.3, 0.4) is 0 Å². The molecule has 0 bridgehead atoms. The number of rotatable bonds is 18. The first-order chi connectivity index (χ1) is 26.8. The number of ether oxygens (including phenoxy) is 2. The first-order valence-electron chi connectivity index (χ1n) is 23.3. The fourth-order valence-electron chi connectivity index (χ4n) is 12.0. The van der Waals surface area contributed by atoms with Crippen LogP contribution < -0.4 is 0 Å². The standard InChI is InChI=1S/C46H76O9/c47-44(48)41-21-15-36(27-34-7-3-1-4-8-34)29-38(41)31-53-55-40-19-13-33(14-20-40)24-26-52-25-23-32-11-17-39(18-12-32)54-46(51)43-30-37(16-22-42(43)45(49)50)28-35-9-5-2-6-10-35/h32-43H,1-31H2,(H,47,48)(H,49,50). The third kappa shape index (κ3) is 13.7. The average Bonchev–Trinajstić information content (AvgIpc) is 3.19. The van der Waals surface area contributed by atoms with E-state index in [4.69, 9.17) is 19.2 Å². The molecular formula is C46H76O9. The number of hydrogen-bond donors (Lipinski definition) is 2. The topological polar surface area (TPSA) is 129 Å². The molecule has 0 aromatic rings. The summed E-state index contributed by atoms with van der Waals surface area (Å²) in [7, 11) is 0. The number of hydrogen-bond acceptors (Lipinski definition) is 7. The van der Waals surface area contributed by atoms with E-state index in [0.717, 1.165) is 121 Å². The van der Waals surface area contributed by atoms with Gasteiger partial charge in [-0.25, -0.2) is 9.78 Å². The van der Waals surface area contributed by atoms with E-state index in [-0.39, 0.29) is 30.0 Å². The van der Waals surface area contributed by atoms with Crippen molar-refractivity contribution in [3.63, 3.8) is 0 Å². The Hall–Kier alpha value is -1.71. The van der Waals surface area contributed by atoms with Gasteiger partial charge >= 0.3 is 17.9 Å². The van der Waals surface area contributed by atoms with Crippen LogP contribution in [0.1, 0.15) is 180 Å². The molecule has 9 heteroatoms. The summed E-state index contributed by atoms with van der Waals surface area (Å²) < 4.78 is 12.1. The van der Waals surface area contributed by atoms with Crippen LogP contribution in [-0.2, 0) is 33.6 Å². The van der Waals surface area contributed by atoms with E-state index in [1.54, 1.807) is 0 Å². The Labute approximate surface area is 332 Å². The third-order valence-corrected chi connectivity index (χ3v) is 15.5. The zero-order chi connectivity index (χ0) is 38.4. The monoisotopic (exact) mass is 773 g/mol. The molecule has 2 N–H and O–H groups in total. The number of carbonyl (C=O) groups excluding carboxylic acids is 1. The zero-order valence-electron chi connectivity index (χ0n) is 34.1. The second-order valence-electron chi connectivity index (χ2n) is 19.4. The van der Waals surface area contributed by atoms with Gasteiger partial charge in [-0.05, 0) is 157 Å². The highest BCUT2D eigenvalue weighted by atomic mass is 17.2. The van der Waals surface area contributed by atoms with Crippen molar-refractivity contribution >= 4 is 17.9 Å². The van der Waals surface area contributed by atoms with Crippen molar-refractivity contribution in [1.82, 2.24) is 0 Å². The summed E-state index contributed by atoms with van der Waals surface area (Å²) in [6.07, 6.45) is 30.8. The Balaban J connectivity index is 0.793. The lowest BCUT2D eigenvalue weighted by Gasteiger charge is -2.36. The van der Waals surface area contributed by atoms with Crippen LogP contribution in [-0.4, -0.2) is 60.1 Å². The molecule has 6 fully saturated rings. The maximum Gasteiger partial charge on any atom is 0.310 e. The molecule has 0 aromatic heterocycles. The number of carboxylic acid groups (broad SMARTS) is 2. The fourth-order valence-corrected chi connectivity index (χ4v) is 12.0. The minimum absolute atomic E-state index is 0.0457. The average molecular weight is 773 g/mol. The Morgan fingerprint density at radius 1 is 0.473 bits per heavy atom. The number of aliphatic carboxylic acids is 2. The van der Waals surface area contributed by atoms with E-state index in [1.165, 1.54) is 70.6 Å². The molecule has 6 unspecified atom stereocenters. The summed E-state index contributed by atoms with van der Waals surface area (Å²) in [6.45, 7) is 1.95. The van der Waals surface area contributed by atoms with Gasteiger partial charge < -0.3 is 19.7 Å². The van der Waals surface area contributed by atoms with Crippen molar-refractivity contribution in [2.45, 2.75) is 192 Å². The van der Waals surface area contributed by atoms with Gasteiger partial charge in [0.25, 0.3) is 0 Å². The largest absolute Gasteiger partial charge is 0.481 e. The molecule has 0 heterocycles. The lowest BCUT2D eigenvalue weighted by Crippen LogP contribution is -2.39. The Morgan fingerprint density at radius 3 is 1.51 bits per heavy atom. The van der Waals surface area contributed by atoms with Crippen LogP contribution in [0.5, 0.6) is 0 Å². The van der Waals surface area contributed by atoms with Gasteiger partial charge in [-0.15, -0.1) is 0 Å². The summed E-state index contributed by atoms with van der Waals surface area (Å²) >= 11 is 0. The molecule has 55 heavy (non-hydrogen) atoms. The van der Waals surface area contributed by atoms with Gasteiger partial charge in [-0.3, -0.25) is 14.4 Å². The third-order valence-electron chi connectivity index (χ3n) is 15.5. The molecule has 0 saturated heterocycles. The maximum atomic E-state index is 13.4. The molecule has 6 rings (SSSR count). The molecule has 0 radical (unpaired) electrons. The lowest BCUT2D eigenvalue weighted by molar-refractivity contribution is -0.337. The van der Waals surface area contributed by atoms with E-state index >= 15 is 0 Å². The van der Waals surface area contributed by atoms with Crippen LogP contribution in [0.2, 0.25) is 0 Å². The van der Waals surface area contributed by atoms with Crippen LogP contribution in [0.25, 0.3) is 0 Å². The summed E-state index contributed by atoms with van der Waals surface area (Å²) in [5.74, 6) is 0.752. The van der Waals surface area contributed by atoms with Crippen LogP contribution in [0.4, 0.5) is 0 Å². The van der Waals surface area contributed by atoms with E-state index in [0.29, 0.717) is 43.1 Å². The van der Waals surface area contributed by atoms with Gasteiger partial charge in [0.1, 0.15) is 6.10 Å². The van der Waals surface area contributed by atoms with E-state index in [1.807, 2.05) is 0 Å². The van der Waals surface area contributed by atoms with Crippen LogP contribution in [0, 0.1) is 59.2 Å². The smallest absolute Gasteiger partial charge is 0.310 e. The predicted molar refractivity (Wildman–Crippen MR) is 211 cm³/mol. The first kappa shape index (κ1) is 42.9. The second-order valence-corrected chi connectivity index (χ2v) is 19.4. The van der Waals surface area contributed by atoms with E-state index in [9.17, 15) is 24.6 Å². The first-order valence-corrected chi connectivity index (χ1v) is 23.3. The second kappa shape index (κ2) is 22.4. The molecule has 0 amide bonds. The minimum Gasteiger partial charge on any atom is -0.481 e. The normalized spacial score (nSPS) is 35.6. The summed E-state index contributed by atoms with van der Waals surface area (Å²) in [5, 5.41) is 19.8. The highest BCUT2D eigenvalue weighted by molar-refractivity contribution is 5.81. The predicted octanol–water partition coefficient (Wildman–Crippen LogP) is 10.6. The van der Waals surface area contributed by atoms with Gasteiger partial charge in [-0.2, -0.15) is 0 Å². The molecule has 6 atom stereocenters. The molecule has 6 aliphatic carbocycles. The lowest BCUT2D eigenvalue weighted by atomic mass is 9.70. The van der Waals surface area contributed by atoms with Crippen LogP contribution in [0.15, 0.2) is 0 Å². The molecule has 9 nitrogen and oxygen atoms in total. The van der Waals surface area contributed by atoms with Crippen molar-refractivity contribution in [3.8, 4) is 0 Å². The highest BCUT2D eigenvalue weighted by Crippen LogP contribution is 2.43. The molecule has 314 valence electrons. The molecule has 0 aliphatic heterocycles. The Kier molecular flexibility index (Phi) is 17.5. The summed E-state index contributed by atoms with van der Waals surface area (Å²) in [5.41, 5.74) is 0. The fraction of sp³-hybridized carbons (Fsp3) is 0.935. The molecule has 6 aliphatic rings. The zero-order valence-corrected chi connectivity index (χ0v) is 34.1. The number of carboxylic acids is 2. The van der Waals surface area contributed by atoms with Crippen molar-refractivity contribution in [3.05, 3.63) is 0 Å². The molecule has 0 aromatic carbocycles. The van der Waals surface area contributed by atoms with Crippen molar-refractivity contribution in [2.75, 3.05) is 19.8 Å². The van der Waals surface area contributed by atoms with Gasteiger partial charge in [0, 0.05) is 13.2 Å². The molecule has 0 spiro atoms. The molecular weight excluding hydrogens is 696 g/mol. The van der Waals surface area contributed by atoms with E-state index in [2.05, 4.69) is 0 Å². The Bertz CT molecular complexity index is 1150. The van der Waals surface area contributed by atoms with Crippen molar-refractivity contribution < 1.29 is 43.8 Å².